The van der Waals surface area contributed by atoms with Crippen molar-refractivity contribution in [2.24, 2.45) is 0 Å². The highest BCUT2D eigenvalue weighted by atomic mass is 79.9. The van der Waals surface area contributed by atoms with Crippen LogP contribution in [0, 0.1) is 0 Å². The largest absolute Gasteiger partial charge is 0.491 e. The minimum Gasteiger partial charge on any atom is -0.491 e. The maximum Gasteiger partial charge on any atom is 0.138 e. The van der Waals surface area contributed by atoms with Gasteiger partial charge in [0.1, 0.15) is 24.1 Å². The van der Waals surface area contributed by atoms with Crippen molar-refractivity contribution in [1.29, 1.82) is 0 Å². The van der Waals surface area contributed by atoms with Crippen molar-refractivity contribution in [2.45, 2.75) is 11.7 Å². The Morgan fingerprint density at radius 3 is 2.56 bits per heavy atom. The van der Waals surface area contributed by atoms with Crippen LogP contribution in [0.4, 0.5) is 0 Å². The van der Waals surface area contributed by atoms with Gasteiger partial charge in [0.2, 0.25) is 0 Å². The molecule has 0 aromatic heterocycles. The van der Waals surface area contributed by atoms with Crippen molar-refractivity contribution in [2.75, 3.05) is 33.0 Å². The molecule has 4 nitrogen and oxygen atoms in total. The molecule has 0 N–H and O–H groups in total. The van der Waals surface area contributed by atoms with Crippen LogP contribution >= 0.6 is 15.9 Å². The maximum atomic E-state index is 5.97. The summed E-state index contributed by atoms with van der Waals surface area (Å²) < 4.78 is 23.5. The number of ether oxygens (including phenoxy) is 4. The summed E-state index contributed by atoms with van der Waals surface area (Å²) >= 11 is 3.39. The van der Waals surface area contributed by atoms with Gasteiger partial charge in [-0.05, 0) is 24.3 Å². The van der Waals surface area contributed by atoms with E-state index >= 15 is 0 Å². The highest BCUT2D eigenvalue weighted by molar-refractivity contribution is 9.10. The second kappa shape index (κ2) is 5.17. The molecule has 2 fully saturated rings. The van der Waals surface area contributed by atoms with E-state index in [0.717, 1.165) is 10.2 Å². The molecule has 1 aromatic rings. The zero-order valence-electron chi connectivity index (χ0n) is 9.93. The van der Waals surface area contributed by atoms with Gasteiger partial charge in [0.05, 0.1) is 26.4 Å². The molecule has 0 unspecified atom stereocenters. The molecule has 1 atom stereocenters. The minimum absolute atomic E-state index is 0.0219. The monoisotopic (exact) mass is 314 g/mol. The topological polar surface area (TPSA) is 36.9 Å². The van der Waals surface area contributed by atoms with E-state index in [1.807, 2.05) is 24.3 Å². The highest BCUT2D eigenvalue weighted by Crippen LogP contribution is 2.28. The van der Waals surface area contributed by atoms with Gasteiger partial charge >= 0.3 is 0 Å². The molecule has 18 heavy (non-hydrogen) atoms. The minimum atomic E-state index is -0.216. The van der Waals surface area contributed by atoms with Crippen LogP contribution in [-0.4, -0.2) is 44.7 Å². The van der Waals surface area contributed by atoms with E-state index in [4.69, 9.17) is 18.9 Å². The van der Waals surface area contributed by atoms with Crippen molar-refractivity contribution >= 4 is 15.9 Å². The summed E-state index contributed by atoms with van der Waals surface area (Å²) in [5, 5.41) is 0. The van der Waals surface area contributed by atoms with E-state index in [0.29, 0.717) is 33.0 Å². The fraction of sp³-hybridized carbons (Fsp3) is 0.538. The molecule has 0 amide bonds. The summed E-state index contributed by atoms with van der Waals surface area (Å²) in [6, 6.07) is 7.76. The Morgan fingerprint density at radius 1 is 1.17 bits per heavy atom. The van der Waals surface area contributed by atoms with Crippen molar-refractivity contribution in [3.05, 3.63) is 28.7 Å². The Balaban J connectivity index is 1.52. The van der Waals surface area contributed by atoms with E-state index in [1.165, 1.54) is 0 Å². The standard InChI is InChI=1S/C13H15BrO4/c14-10-1-3-11(4-2-10)17-6-12-5-15-7-13(18-12)8-16-9-13/h1-4,12H,5-9H2/t12-/m0/s1. The van der Waals surface area contributed by atoms with Gasteiger partial charge < -0.3 is 18.9 Å². The third-order valence-electron chi connectivity index (χ3n) is 3.07. The molecular weight excluding hydrogens is 300 g/mol. The van der Waals surface area contributed by atoms with Crippen LogP contribution in [0.15, 0.2) is 28.7 Å². The number of hydrogen-bond acceptors (Lipinski definition) is 4. The van der Waals surface area contributed by atoms with E-state index < -0.39 is 0 Å². The molecule has 5 heteroatoms. The number of benzene rings is 1. The number of hydrogen-bond donors (Lipinski definition) is 0. The lowest BCUT2D eigenvalue weighted by molar-refractivity contribution is -0.290. The van der Waals surface area contributed by atoms with Crippen molar-refractivity contribution in [1.82, 2.24) is 0 Å². The first-order chi connectivity index (χ1) is 8.76. The number of rotatable bonds is 3. The SMILES string of the molecule is Brc1ccc(OC[C@@H]2COCC3(COC3)O2)cc1. The predicted octanol–water partition coefficient (Wildman–Crippen LogP) is 2.01. The molecule has 2 aliphatic rings. The van der Waals surface area contributed by atoms with Gasteiger partial charge in [-0.1, -0.05) is 15.9 Å². The Labute approximate surface area is 114 Å². The van der Waals surface area contributed by atoms with Crippen LogP contribution < -0.4 is 4.74 Å². The molecular formula is C13H15BrO4. The second-order valence-corrected chi connectivity index (χ2v) is 5.61. The smallest absolute Gasteiger partial charge is 0.138 e. The molecule has 2 aliphatic heterocycles. The maximum absolute atomic E-state index is 5.97. The van der Waals surface area contributed by atoms with Crippen molar-refractivity contribution < 1.29 is 18.9 Å². The third kappa shape index (κ3) is 2.69. The fourth-order valence-corrected chi connectivity index (χ4v) is 2.35. The van der Waals surface area contributed by atoms with E-state index in [9.17, 15) is 0 Å². The number of halogens is 1. The second-order valence-electron chi connectivity index (χ2n) is 4.70. The summed E-state index contributed by atoms with van der Waals surface area (Å²) in [4.78, 5) is 0. The van der Waals surface area contributed by atoms with Crippen LogP contribution in [-0.2, 0) is 14.2 Å². The molecule has 3 rings (SSSR count). The van der Waals surface area contributed by atoms with Crippen LogP contribution in [0.25, 0.3) is 0 Å². The van der Waals surface area contributed by atoms with E-state index in [1.54, 1.807) is 0 Å². The first kappa shape index (κ1) is 12.4. The molecule has 2 saturated heterocycles. The Bertz CT molecular complexity index is 402. The summed E-state index contributed by atoms with van der Waals surface area (Å²) in [5.41, 5.74) is -0.216. The van der Waals surface area contributed by atoms with Crippen LogP contribution in [0.2, 0.25) is 0 Å². The highest BCUT2D eigenvalue weighted by Gasteiger charge is 2.45. The Hall–Kier alpha value is -0.620. The summed E-state index contributed by atoms with van der Waals surface area (Å²) in [6.07, 6.45) is -0.0219. The Morgan fingerprint density at radius 2 is 1.89 bits per heavy atom. The van der Waals surface area contributed by atoms with Gasteiger partial charge in [-0.3, -0.25) is 0 Å². The zero-order valence-corrected chi connectivity index (χ0v) is 11.5. The molecule has 1 aromatic carbocycles. The fourth-order valence-electron chi connectivity index (χ4n) is 2.08. The molecule has 2 heterocycles. The van der Waals surface area contributed by atoms with Gasteiger partial charge in [-0.2, -0.15) is 0 Å². The lowest BCUT2D eigenvalue weighted by Gasteiger charge is -2.46. The molecule has 0 radical (unpaired) electrons. The van der Waals surface area contributed by atoms with Crippen LogP contribution in [0.1, 0.15) is 0 Å². The van der Waals surface area contributed by atoms with Crippen LogP contribution in [0.5, 0.6) is 5.75 Å². The quantitative estimate of drug-likeness (QED) is 0.855. The van der Waals surface area contributed by atoms with Gasteiger partial charge in [0, 0.05) is 4.47 Å². The molecule has 98 valence electrons. The molecule has 0 aliphatic carbocycles. The normalized spacial score (nSPS) is 25.7. The lowest BCUT2D eigenvalue weighted by Crippen LogP contribution is -2.61. The first-order valence-electron chi connectivity index (χ1n) is 5.97. The third-order valence-corrected chi connectivity index (χ3v) is 3.59. The van der Waals surface area contributed by atoms with E-state index in [-0.39, 0.29) is 11.7 Å². The predicted molar refractivity (Wildman–Crippen MR) is 68.9 cm³/mol. The summed E-state index contributed by atoms with van der Waals surface area (Å²) in [5.74, 6) is 0.839. The van der Waals surface area contributed by atoms with E-state index in [2.05, 4.69) is 15.9 Å². The molecule has 0 saturated carbocycles. The van der Waals surface area contributed by atoms with Gasteiger partial charge in [0.25, 0.3) is 0 Å². The average molecular weight is 315 g/mol. The van der Waals surface area contributed by atoms with Gasteiger partial charge in [-0.25, -0.2) is 0 Å². The van der Waals surface area contributed by atoms with Crippen LogP contribution in [0.3, 0.4) is 0 Å². The lowest BCUT2D eigenvalue weighted by atomic mass is 10.0. The van der Waals surface area contributed by atoms with Crippen molar-refractivity contribution in [3.8, 4) is 5.75 Å². The van der Waals surface area contributed by atoms with Gasteiger partial charge in [0.15, 0.2) is 0 Å². The van der Waals surface area contributed by atoms with Gasteiger partial charge in [-0.15, -0.1) is 0 Å². The zero-order chi connectivity index (χ0) is 12.4. The summed E-state index contributed by atoms with van der Waals surface area (Å²) in [7, 11) is 0. The Kier molecular flexibility index (Phi) is 3.56. The summed E-state index contributed by atoms with van der Waals surface area (Å²) in [6.45, 7) is 2.97. The van der Waals surface area contributed by atoms with Crippen molar-refractivity contribution in [3.63, 3.8) is 0 Å². The first-order valence-corrected chi connectivity index (χ1v) is 6.77. The average Bonchev–Trinajstić information content (AvgIpc) is 2.37. The molecule has 1 spiro atoms. The molecule has 0 bridgehead atoms.